The lowest BCUT2D eigenvalue weighted by Gasteiger charge is -2.19. The minimum Gasteiger partial charge on any atom is -0.251 e. The zero-order chi connectivity index (χ0) is 12.8. The van der Waals surface area contributed by atoms with E-state index in [9.17, 15) is 0 Å². The van der Waals surface area contributed by atoms with Gasteiger partial charge in [0.2, 0.25) is 0 Å². The maximum Gasteiger partial charge on any atom is 0.0909 e. The molecule has 1 nitrogen and oxygen atoms in total. The molecule has 0 unspecified atom stereocenters. The van der Waals surface area contributed by atoms with Crippen LogP contribution in [0.25, 0.3) is 10.9 Å². The van der Waals surface area contributed by atoms with Crippen molar-refractivity contribution in [1.29, 1.82) is 0 Å². The molecule has 0 aliphatic carbocycles. The van der Waals surface area contributed by atoms with Gasteiger partial charge in [0.1, 0.15) is 0 Å². The third-order valence-corrected chi connectivity index (χ3v) is 3.44. The lowest BCUT2D eigenvalue weighted by atomic mass is 9.91. The molecule has 1 aromatic heterocycles. The molecule has 2 aromatic rings. The van der Waals surface area contributed by atoms with Crippen LogP contribution in [-0.4, -0.2) is 4.98 Å². The van der Waals surface area contributed by atoms with Crippen LogP contribution in [0, 0.1) is 6.92 Å². The first-order valence-corrected chi connectivity index (χ1v) is 6.32. The van der Waals surface area contributed by atoms with Gasteiger partial charge in [0.15, 0.2) is 0 Å². The fourth-order valence-electron chi connectivity index (χ4n) is 1.81. The van der Waals surface area contributed by atoms with Gasteiger partial charge in [-0.1, -0.05) is 50.0 Å². The van der Waals surface area contributed by atoms with Crippen LogP contribution in [0.3, 0.4) is 0 Å². The molecule has 0 radical (unpaired) electrons. The molecule has 0 aliphatic rings. The summed E-state index contributed by atoms with van der Waals surface area (Å²) in [5, 5.41) is 2.32. The Hall–Kier alpha value is -0.790. The fraction of sp³-hybridized carbons (Fsp3) is 0.357. The summed E-state index contributed by atoms with van der Waals surface area (Å²) in [5.41, 5.74) is 2.82. The second kappa shape index (κ2) is 4.15. The van der Waals surface area contributed by atoms with Gasteiger partial charge < -0.3 is 0 Å². The van der Waals surface area contributed by atoms with Crippen LogP contribution in [0.2, 0.25) is 10.0 Å². The predicted molar refractivity (Wildman–Crippen MR) is 75.2 cm³/mol. The highest BCUT2D eigenvalue weighted by molar-refractivity contribution is 6.39. The van der Waals surface area contributed by atoms with Gasteiger partial charge in [0.05, 0.1) is 15.6 Å². The molecule has 0 aliphatic heterocycles. The minimum atomic E-state index is -0.0368. The molecule has 1 aromatic carbocycles. The summed E-state index contributed by atoms with van der Waals surface area (Å²) in [6.07, 6.45) is 0. The van der Waals surface area contributed by atoms with Gasteiger partial charge in [0.25, 0.3) is 0 Å². The van der Waals surface area contributed by atoms with E-state index in [1.54, 1.807) is 0 Å². The molecule has 0 bridgehead atoms. The van der Waals surface area contributed by atoms with Crippen LogP contribution in [0.1, 0.15) is 32.0 Å². The molecule has 0 saturated carbocycles. The van der Waals surface area contributed by atoms with E-state index in [1.165, 1.54) is 0 Å². The summed E-state index contributed by atoms with van der Waals surface area (Å²) < 4.78 is 0. The number of fused-ring (bicyclic) bond motifs is 1. The zero-order valence-electron chi connectivity index (χ0n) is 10.4. The van der Waals surface area contributed by atoms with Crippen LogP contribution in [0.4, 0.5) is 0 Å². The third kappa shape index (κ3) is 2.27. The molecule has 2 rings (SSSR count). The number of aromatic nitrogens is 1. The Balaban J connectivity index is 2.87. The molecule has 0 N–H and O–H groups in total. The molecule has 90 valence electrons. The van der Waals surface area contributed by atoms with E-state index in [1.807, 2.05) is 25.1 Å². The Kier molecular flexibility index (Phi) is 3.09. The number of hydrogen-bond donors (Lipinski definition) is 0. The van der Waals surface area contributed by atoms with Crippen molar-refractivity contribution in [3.05, 3.63) is 39.5 Å². The number of halogens is 2. The monoisotopic (exact) mass is 267 g/mol. The summed E-state index contributed by atoms with van der Waals surface area (Å²) >= 11 is 12.5. The quantitative estimate of drug-likeness (QED) is 0.644. The highest BCUT2D eigenvalue weighted by Crippen LogP contribution is 2.34. The first-order valence-electron chi connectivity index (χ1n) is 5.56. The first kappa shape index (κ1) is 12.7. The van der Waals surface area contributed by atoms with Crippen LogP contribution < -0.4 is 0 Å². The van der Waals surface area contributed by atoms with Crippen molar-refractivity contribution in [2.45, 2.75) is 33.1 Å². The van der Waals surface area contributed by atoms with E-state index < -0.39 is 0 Å². The molecule has 0 atom stereocenters. The maximum atomic E-state index is 6.35. The Bertz CT molecular complexity index is 583. The molecular formula is C14H15Cl2N. The maximum absolute atomic E-state index is 6.35. The predicted octanol–water partition coefficient (Wildman–Crippen LogP) is 5.15. The average Bonchev–Trinajstić information content (AvgIpc) is 2.21. The number of nitrogens with zero attached hydrogens (tertiary/aromatic N) is 1. The molecule has 17 heavy (non-hydrogen) atoms. The van der Waals surface area contributed by atoms with Gasteiger partial charge in [-0.2, -0.15) is 0 Å². The van der Waals surface area contributed by atoms with Gasteiger partial charge in [-0.15, -0.1) is 0 Å². The number of benzene rings is 1. The van der Waals surface area contributed by atoms with E-state index in [2.05, 4.69) is 25.8 Å². The normalized spacial score (nSPS) is 12.1. The van der Waals surface area contributed by atoms with Crippen molar-refractivity contribution in [1.82, 2.24) is 4.98 Å². The van der Waals surface area contributed by atoms with Crippen LogP contribution in [0.5, 0.6) is 0 Å². The lowest BCUT2D eigenvalue weighted by molar-refractivity contribution is 0.571. The number of hydrogen-bond acceptors (Lipinski definition) is 1. The smallest absolute Gasteiger partial charge is 0.0909 e. The van der Waals surface area contributed by atoms with Gasteiger partial charge in [-0.3, -0.25) is 4.98 Å². The number of rotatable bonds is 0. The molecule has 0 fully saturated rings. The van der Waals surface area contributed by atoms with Gasteiger partial charge in [-0.25, -0.2) is 0 Å². The Labute approximate surface area is 112 Å². The fourth-order valence-corrected chi connectivity index (χ4v) is 2.35. The van der Waals surface area contributed by atoms with E-state index in [-0.39, 0.29) is 5.41 Å². The van der Waals surface area contributed by atoms with Crippen molar-refractivity contribution in [3.8, 4) is 0 Å². The van der Waals surface area contributed by atoms with Gasteiger partial charge in [-0.05, 0) is 24.6 Å². The molecule has 1 heterocycles. The summed E-state index contributed by atoms with van der Waals surface area (Å²) in [4.78, 5) is 4.65. The summed E-state index contributed by atoms with van der Waals surface area (Å²) in [6.45, 7) is 8.35. The molecule has 3 heteroatoms. The van der Waals surface area contributed by atoms with Crippen LogP contribution >= 0.6 is 23.2 Å². The molecular weight excluding hydrogens is 253 g/mol. The standard InChI is InChI=1S/C14H15Cl2N/c1-8-5-6-9(15)13-12(8)10(16)7-11(17-13)14(2,3)4/h5-7H,1-4H3. The Morgan fingerprint density at radius 1 is 1.06 bits per heavy atom. The van der Waals surface area contributed by atoms with Crippen molar-refractivity contribution in [2.24, 2.45) is 0 Å². The summed E-state index contributed by atoms with van der Waals surface area (Å²) in [5.74, 6) is 0. The molecule has 0 spiro atoms. The van der Waals surface area contributed by atoms with E-state index in [0.29, 0.717) is 5.02 Å². The molecule has 0 saturated heterocycles. The second-order valence-corrected chi connectivity index (χ2v) is 6.14. The van der Waals surface area contributed by atoms with Crippen molar-refractivity contribution >= 4 is 34.1 Å². The topological polar surface area (TPSA) is 12.9 Å². The summed E-state index contributed by atoms with van der Waals surface area (Å²) in [6, 6.07) is 5.77. The average molecular weight is 268 g/mol. The largest absolute Gasteiger partial charge is 0.251 e. The van der Waals surface area contributed by atoms with Crippen molar-refractivity contribution in [2.75, 3.05) is 0 Å². The van der Waals surface area contributed by atoms with Gasteiger partial charge >= 0.3 is 0 Å². The SMILES string of the molecule is Cc1ccc(Cl)c2nc(C(C)(C)C)cc(Cl)c12. The minimum absolute atomic E-state index is 0.0368. The second-order valence-electron chi connectivity index (χ2n) is 5.33. The summed E-state index contributed by atoms with van der Waals surface area (Å²) in [7, 11) is 0. The number of pyridine rings is 1. The number of aryl methyl sites for hydroxylation is 1. The van der Waals surface area contributed by atoms with Crippen LogP contribution in [-0.2, 0) is 5.41 Å². The Morgan fingerprint density at radius 2 is 1.71 bits per heavy atom. The van der Waals surface area contributed by atoms with E-state index in [0.717, 1.165) is 27.2 Å². The van der Waals surface area contributed by atoms with E-state index >= 15 is 0 Å². The lowest BCUT2D eigenvalue weighted by Crippen LogP contribution is -2.13. The highest BCUT2D eigenvalue weighted by atomic mass is 35.5. The highest BCUT2D eigenvalue weighted by Gasteiger charge is 2.18. The zero-order valence-corrected chi connectivity index (χ0v) is 11.9. The van der Waals surface area contributed by atoms with Crippen LogP contribution in [0.15, 0.2) is 18.2 Å². The van der Waals surface area contributed by atoms with Crippen molar-refractivity contribution < 1.29 is 0 Å². The Morgan fingerprint density at radius 3 is 2.29 bits per heavy atom. The van der Waals surface area contributed by atoms with Gasteiger partial charge in [0, 0.05) is 16.5 Å². The molecule has 0 amide bonds. The first-order chi connectivity index (χ1) is 7.80. The third-order valence-electron chi connectivity index (χ3n) is 2.84. The van der Waals surface area contributed by atoms with Crippen molar-refractivity contribution in [3.63, 3.8) is 0 Å². The van der Waals surface area contributed by atoms with E-state index in [4.69, 9.17) is 23.2 Å².